The van der Waals surface area contributed by atoms with Crippen LogP contribution in [0, 0.1) is 5.41 Å². The van der Waals surface area contributed by atoms with Gasteiger partial charge in [-0.15, -0.1) is 0 Å². The Labute approximate surface area is 113 Å². The normalized spacial score (nSPS) is 17.1. The van der Waals surface area contributed by atoms with Crippen LogP contribution in [0.4, 0.5) is 11.5 Å². The van der Waals surface area contributed by atoms with E-state index in [1.807, 2.05) is 18.2 Å². The highest BCUT2D eigenvalue weighted by Crippen LogP contribution is 2.43. The van der Waals surface area contributed by atoms with Gasteiger partial charge in [-0.05, 0) is 42.9 Å². The van der Waals surface area contributed by atoms with Crippen molar-refractivity contribution in [1.29, 1.82) is 0 Å². The molecule has 0 saturated heterocycles. The number of hydrogen-bond acceptors (Lipinski definition) is 4. The Kier molecular flexibility index (Phi) is 3.01. The number of fused-ring (bicyclic) bond motifs is 1. The smallest absolute Gasteiger partial charge is 0.137 e. The zero-order valence-corrected chi connectivity index (χ0v) is 11.3. The van der Waals surface area contributed by atoms with Crippen molar-refractivity contribution in [3.8, 4) is 0 Å². The Balaban J connectivity index is 1.84. The average Bonchev–Trinajstić information content (AvgIpc) is 2.37. The minimum absolute atomic E-state index is 0.477. The van der Waals surface area contributed by atoms with E-state index in [1.54, 1.807) is 6.33 Å². The second-order valence-electron chi connectivity index (χ2n) is 5.56. The van der Waals surface area contributed by atoms with Gasteiger partial charge in [0, 0.05) is 17.6 Å². The average molecular weight is 256 g/mol. The molecule has 3 N–H and O–H groups in total. The molecule has 0 spiro atoms. The van der Waals surface area contributed by atoms with Crippen LogP contribution in [-0.4, -0.2) is 16.5 Å². The lowest BCUT2D eigenvalue weighted by atomic mass is 9.67. The van der Waals surface area contributed by atoms with Crippen molar-refractivity contribution in [3.05, 3.63) is 24.5 Å². The maximum absolute atomic E-state index is 5.79. The molecule has 2 aromatic rings. The maximum Gasteiger partial charge on any atom is 0.137 e. The molecule has 19 heavy (non-hydrogen) atoms. The zero-order chi connectivity index (χ0) is 13.3. The number of benzene rings is 1. The van der Waals surface area contributed by atoms with Crippen LogP contribution >= 0.6 is 0 Å². The largest absolute Gasteiger partial charge is 0.399 e. The van der Waals surface area contributed by atoms with Crippen LogP contribution in [0.15, 0.2) is 24.5 Å². The lowest BCUT2D eigenvalue weighted by Gasteiger charge is -2.41. The highest BCUT2D eigenvalue weighted by molar-refractivity contribution is 5.90. The van der Waals surface area contributed by atoms with Gasteiger partial charge in [-0.3, -0.25) is 0 Å². The van der Waals surface area contributed by atoms with Gasteiger partial charge >= 0.3 is 0 Å². The first-order valence-corrected chi connectivity index (χ1v) is 6.97. The van der Waals surface area contributed by atoms with E-state index in [9.17, 15) is 0 Å². The number of nitrogens with zero attached hydrogens (tertiary/aromatic N) is 2. The molecule has 0 radical (unpaired) electrons. The second kappa shape index (κ2) is 4.68. The molecule has 4 nitrogen and oxygen atoms in total. The second-order valence-corrected chi connectivity index (χ2v) is 5.56. The van der Waals surface area contributed by atoms with Gasteiger partial charge in [0.25, 0.3) is 0 Å². The topological polar surface area (TPSA) is 63.8 Å². The van der Waals surface area contributed by atoms with Gasteiger partial charge in [-0.2, -0.15) is 0 Å². The van der Waals surface area contributed by atoms with Gasteiger partial charge in [-0.25, -0.2) is 9.97 Å². The fourth-order valence-corrected chi connectivity index (χ4v) is 2.82. The van der Waals surface area contributed by atoms with Crippen molar-refractivity contribution in [2.45, 2.75) is 32.6 Å². The van der Waals surface area contributed by atoms with Crippen LogP contribution in [0.25, 0.3) is 10.9 Å². The first-order valence-electron chi connectivity index (χ1n) is 6.97. The summed E-state index contributed by atoms with van der Waals surface area (Å²) in [4.78, 5) is 8.64. The summed E-state index contributed by atoms with van der Waals surface area (Å²) in [6.45, 7) is 3.28. The van der Waals surface area contributed by atoms with E-state index in [4.69, 9.17) is 5.73 Å². The third-order valence-corrected chi connectivity index (χ3v) is 4.46. The van der Waals surface area contributed by atoms with Crippen molar-refractivity contribution >= 4 is 22.4 Å². The predicted octanol–water partition coefficient (Wildman–Crippen LogP) is 3.20. The minimum Gasteiger partial charge on any atom is -0.399 e. The van der Waals surface area contributed by atoms with E-state index in [0.29, 0.717) is 5.41 Å². The number of rotatable bonds is 4. The molecule has 0 atom stereocenters. The summed E-state index contributed by atoms with van der Waals surface area (Å²) < 4.78 is 0. The van der Waals surface area contributed by atoms with Gasteiger partial charge in [0.1, 0.15) is 12.1 Å². The molecule has 4 heteroatoms. The monoisotopic (exact) mass is 256 g/mol. The predicted molar refractivity (Wildman–Crippen MR) is 79.0 cm³/mol. The fourth-order valence-electron chi connectivity index (χ4n) is 2.82. The molecule has 1 aromatic carbocycles. The summed E-state index contributed by atoms with van der Waals surface area (Å²) >= 11 is 0. The zero-order valence-electron chi connectivity index (χ0n) is 11.3. The Morgan fingerprint density at radius 1 is 1.32 bits per heavy atom. The molecule has 1 fully saturated rings. The number of hydrogen-bond donors (Lipinski definition) is 2. The van der Waals surface area contributed by atoms with Crippen molar-refractivity contribution in [3.63, 3.8) is 0 Å². The molecule has 0 bridgehead atoms. The summed E-state index contributed by atoms with van der Waals surface area (Å²) in [5, 5.41) is 4.55. The van der Waals surface area contributed by atoms with Crippen LogP contribution in [0.3, 0.4) is 0 Å². The molecule has 3 rings (SSSR count). The molecular formula is C15H20N4. The molecule has 0 unspecified atom stereocenters. The molecule has 1 aromatic heterocycles. The third-order valence-electron chi connectivity index (χ3n) is 4.46. The minimum atomic E-state index is 0.477. The molecule has 0 amide bonds. The number of anilines is 2. The van der Waals surface area contributed by atoms with Crippen molar-refractivity contribution < 1.29 is 0 Å². The summed E-state index contributed by atoms with van der Waals surface area (Å²) in [7, 11) is 0. The summed E-state index contributed by atoms with van der Waals surface area (Å²) in [6.07, 6.45) is 6.84. The number of nitrogen functional groups attached to an aromatic ring is 1. The van der Waals surface area contributed by atoms with Crippen molar-refractivity contribution in [1.82, 2.24) is 9.97 Å². The Morgan fingerprint density at radius 3 is 2.84 bits per heavy atom. The molecule has 1 aliphatic carbocycles. The molecule has 0 aliphatic heterocycles. The van der Waals surface area contributed by atoms with Crippen molar-refractivity contribution in [2.75, 3.05) is 17.6 Å². The van der Waals surface area contributed by atoms with Gasteiger partial charge in [0.15, 0.2) is 0 Å². The number of nitrogens with two attached hydrogens (primary N) is 1. The van der Waals surface area contributed by atoms with E-state index < -0.39 is 0 Å². The highest BCUT2D eigenvalue weighted by atomic mass is 15.0. The Morgan fingerprint density at radius 2 is 2.16 bits per heavy atom. The number of aromatic nitrogens is 2. The van der Waals surface area contributed by atoms with E-state index in [1.165, 1.54) is 25.7 Å². The van der Waals surface area contributed by atoms with E-state index in [-0.39, 0.29) is 0 Å². The number of nitrogens with one attached hydrogen (secondary N) is 1. The summed E-state index contributed by atoms with van der Waals surface area (Å²) in [6, 6.07) is 5.78. The van der Waals surface area contributed by atoms with Gasteiger partial charge in [-0.1, -0.05) is 13.3 Å². The highest BCUT2D eigenvalue weighted by Gasteiger charge is 2.34. The first-order chi connectivity index (χ1) is 9.22. The lowest BCUT2D eigenvalue weighted by Crippen LogP contribution is -2.36. The SMILES string of the molecule is CCC1(CNc2ncnc3cc(N)ccc23)CCC1. The van der Waals surface area contributed by atoms with E-state index in [2.05, 4.69) is 22.2 Å². The Hall–Kier alpha value is -1.84. The summed E-state index contributed by atoms with van der Waals surface area (Å²) in [5.74, 6) is 0.921. The molecule has 1 heterocycles. The maximum atomic E-state index is 5.79. The fraction of sp³-hybridized carbons (Fsp3) is 0.467. The van der Waals surface area contributed by atoms with Gasteiger partial charge in [0.2, 0.25) is 0 Å². The van der Waals surface area contributed by atoms with Crippen LogP contribution in [0.1, 0.15) is 32.6 Å². The third kappa shape index (κ3) is 2.23. The standard InChI is InChI=1S/C15H20N4/c1-2-15(6-3-7-15)9-17-14-12-5-4-11(16)8-13(12)18-10-19-14/h4-5,8,10H,2-3,6-7,9,16H2,1H3,(H,17,18,19). The van der Waals surface area contributed by atoms with Gasteiger partial charge in [0.05, 0.1) is 5.52 Å². The summed E-state index contributed by atoms with van der Waals surface area (Å²) in [5.41, 5.74) is 7.90. The van der Waals surface area contributed by atoms with Crippen LogP contribution in [0.2, 0.25) is 0 Å². The van der Waals surface area contributed by atoms with Gasteiger partial charge < -0.3 is 11.1 Å². The molecule has 100 valence electrons. The molecular weight excluding hydrogens is 236 g/mol. The first kappa shape index (κ1) is 12.2. The van der Waals surface area contributed by atoms with Crippen LogP contribution < -0.4 is 11.1 Å². The molecule has 1 saturated carbocycles. The lowest BCUT2D eigenvalue weighted by molar-refractivity contribution is 0.145. The van der Waals surface area contributed by atoms with Crippen LogP contribution in [0.5, 0.6) is 0 Å². The quantitative estimate of drug-likeness (QED) is 0.824. The molecule has 1 aliphatic rings. The van der Waals surface area contributed by atoms with E-state index in [0.717, 1.165) is 29.0 Å². The van der Waals surface area contributed by atoms with E-state index >= 15 is 0 Å². The van der Waals surface area contributed by atoms with Crippen molar-refractivity contribution in [2.24, 2.45) is 5.41 Å². The Bertz CT molecular complexity index is 584. The van der Waals surface area contributed by atoms with Crippen LogP contribution in [-0.2, 0) is 0 Å².